The van der Waals surface area contributed by atoms with E-state index in [1.807, 2.05) is 54.9 Å². The molecular formula is C28H29ClN4O4S. The number of amides is 1. The Bertz CT molecular complexity index is 1480. The van der Waals surface area contributed by atoms with Crippen molar-refractivity contribution in [1.82, 2.24) is 14.5 Å². The van der Waals surface area contributed by atoms with Crippen molar-refractivity contribution in [2.45, 2.75) is 25.9 Å². The molecule has 1 fully saturated rings. The van der Waals surface area contributed by atoms with Gasteiger partial charge in [0.1, 0.15) is 23.2 Å². The van der Waals surface area contributed by atoms with E-state index < -0.39 is 5.97 Å². The van der Waals surface area contributed by atoms with Gasteiger partial charge in [0, 0.05) is 28.9 Å². The van der Waals surface area contributed by atoms with Crippen molar-refractivity contribution in [3.63, 3.8) is 0 Å². The molecule has 2 atom stereocenters. The molecule has 0 bridgehead atoms. The molecule has 1 amide bonds. The molecule has 0 saturated carbocycles. The molecule has 1 N–H and O–H groups in total. The summed E-state index contributed by atoms with van der Waals surface area (Å²) in [6.45, 7) is 3.68. The highest BCUT2D eigenvalue weighted by Crippen LogP contribution is 2.37. The average Bonchev–Trinajstić information content (AvgIpc) is 3.52. The number of nitrogens with zero attached hydrogens (tertiary/aromatic N) is 3. The molecule has 10 heteroatoms. The molecule has 198 valence electrons. The zero-order valence-electron chi connectivity index (χ0n) is 21.4. The van der Waals surface area contributed by atoms with E-state index in [1.54, 1.807) is 18.5 Å². The second kappa shape index (κ2) is 11.1. The molecule has 1 saturated heterocycles. The number of ether oxygens (including phenoxy) is 2. The van der Waals surface area contributed by atoms with Gasteiger partial charge < -0.3 is 19.7 Å². The Morgan fingerprint density at radius 2 is 2.03 bits per heavy atom. The van der Waals surface area contributed by atoms with Gasteiger partial charge in [-0.2, -0.15) is 0 Å². The fourth-order valence-electron chi connectivity index (χ4n) is 4.75. The van der Waals surface area contributed by atoms with Crippen molar-refractivity contribution in [2.24, 2.45) is 5.92 Å². The summed E-state index contributed by atoms with van der Waals surface area (Å²) in [6, 6.07) is 14.9. The second-order valence-electron chi connectivity index (χ2n) is 9.46. The summed E-state index contributed by atoms with van der Waals surface area (Å²) in [4.78, 5) is 32.5. The number of esters is 1. The maximum atomic E-state index is 12.8. The van der Waals surface area contributed by atoms with Crippen LogP contribution in [0.3, 0.4) is 0 Å². The van der Waals surface area contributed by atoms with Gasteiger partial charge in [-0.3, -0.25) is 9.36 Å². The zero-order valence-corrected chi connectivity index (χ0v) is 23.0. The maximum absolute atomic E-state index is 12.8. The van der Waals surface area contributed by atoms with Gasteiger partial charge in [0.2, 0.25) is 5.91 Å². The van der Waals surface area contributed by atoms with Crippen LogP contribution in [-0.2, 0) is 9.53 Å². The Kier molecular flexibility index (Phi) is 7.69. The van der Waals surface area contributed by atoms with Crippen molar-refractivity contribution in [2.75, 3.05) is 32.6 Å². The number of benzene rings is 2. The van der Waals surface area contributed by atoms with E-state index >= 15 is 0 Å². The first-order chi connectivity index (χ1) is 18.3. The number of anilines is 1. The van der Waals surface area contributed by atoms with Gasteiger partial charge in [-0.15, -0.1) is 11.3 Å². The van der Waals surface area contributed by atoms with Crippen molar-refractivity contribution in [3.8, 4) is 10.8 Å². The first kappa shape index (κ1) is 26.2. The van der Waals surface area contributed by atoms with Crippen LogP contribution in [0.15, 0.2) is 54.9 Å². The number of halogens is 1. The normalized spacial score (nSPS) is 16.8. The van der Waals surface area contributed by atoms with Crippen LogP contribution < -0.4 is 10.1 Å². The van der Waals surface area contributed by atoms with Gasteiger partial charge >= 0.3 is 5.97 Å². The number of nitrogens with one attached hydrogen (secondary N) is 1. The standard InChI is InChI=1S/C28H29ClN4O4S/c1-17(20-8-4-5-9-21(20)29)37-24-14-25(38-26(24)28(35)36-3)33-16-30-22-13-19(10-11-23(22)33)31-27(34)18-7-6-12-32(2)15-18/h4-5,8-11,13-14,16-18H,6-7,12,15H2,1-3H3,(H,31,34). The molecule has 38 heavy (non-hydrogen) atoms. The lowest BCUT2D eigenvalue weighted by Crippen LogP contribution is -2.38. The Morgan fingerprint density at radius 1 is 1.21 bits per heavy atom. The summed E-state index contributed by atoms with van der Waals surface area (Å²) in [6.07, 6.45) is 3.23. The quantitative estimate of drug-likeness (QED) is 0.285. The smallest absolute Gasteiger partial charge is 0.351 e. The Hall–Kier alpha value is -3.40. The topological polar surface area (TPSA) is 85.7 Å². The minimum absolute atomic E-state index is 0.0172. The first-order valence-corrected chi connectivity index (χ1v) is 13.6. The molecule has 2 aromatic carbocycles. The van der Waals surface area contributed by atoms with Crippen LogP contribution in [-0.4, -0.2) is 53.6 Å². The number of carbonyl (C=O) groups is 2. The number of rotatable bonds is 7. The molecule has 8 nitrogen and oxygen atoms in total. The third-order valence-corrected chi connectivity index (χ3v) is 8.19. The predicted octanol–water partition coefficient (Wildman–Crippen LogP) is 5.95. The number of carbonyl (C=O) groups excluding carboxylic acids is 2. The highest BCUT2D eigenvalue weighted by molar-refractivity contribution is 7.16. The highest BCUT2D eigenvalue weighted by Gasteiger charge is 2.25. The molecule has 4 aromatic rings. The number of methoxy groups -OCH3 is 1. The number of thiophene rings is 1. The molecule has 2 unspecified atom stereocenters. The molecular weight excluding hydrogens is 524 g/mol. The maximum Gasteiger partial charge on any atom is 0.351 e. The third-order valence-electron chi connectivity index (χ3n) is 6.75. The highest BCUT2D eigenvalue weighted by atomic mass is 35.5. The van der Waals surface area contributed by atoms with Crippen molar-refractivity contribution >= 4 is 51.5 Å². The Labute approximate surface area is 230 Å². The van der Waals surface area contributed by atoms with E-state index in [-0.39, 0.29) is 17.9 Å². The minimum atomic E-state index is -0.481. The molecule has 5 rings (SSSR count). The van der Waals surface area contributed by atoms with Gasteiger partial charge in [-0.05, 0) is 57.6 Å². The first-order valence-electron chi connectivity index (χ1n) is 12.4. The summed E-state index contributed by atoms with van der Waals surface area (Å²) in [5.41, 5.74) is 3.09. The van der Waals surface area contributed by atoms with Gasteiger partial charge in [0.25, 0.3) is 0 Å². The van der Waals surface area contributed by atoms with Crippen LogP contribution in [0.5, 0.6) is 5.75 Å². The van der Waals surface area contributed by atoms with Gasteiger partial charge in [0.05, 0.1) is 24.1 Å². The van der Waals surface area contributed by atoms with Crippen LogP contribution in [0.1, 0.15) is 41.1 Å². The average molecular weight is 553 g/mol. The van der Waals surface area contributed by atoms with E-state index in [1.165, 1.54) is 18.4 Å². The van der Waals surface area contributed by atoms with Crippen LogP contribution in [0.2, 0.25) is 5.02 Å². The van der Waals surface area contributed by atoms with Gasteiger partial charge in [0.15, 0.2) is 4.88 Å². The van der Waals surface area contributed by atoms with E-state index in [9.17, 15) is 9.59 Å². The number of aromatic nitrogens is 2. The minimum Gasteiger partial charge on any atom is -0.484 e. The molecule has 0 aliphatic carbocycles. The summed E-state index contributed by atoms with van der Waals surface area (Å²) >= 11 is 7.61. The van der Waals surface area contributed by atoms with Crippen molar-refractivity contribution < 1.29 is 19.1 Å². The van der Waals surface area contributed by atoms with E-state index in [0.717, 1.165) is 47.5 Å². The summed E-state index contributed by atoms with van der Waals surface area (Å²) in [5, 5.41) is 4.38. The molecule has 0 radical (unpaired) electrons. The number of imidazole rings is 1. The fraction of sp³-hybridized carbons (Fsp3) is 0.321. The van der Waals surface area contributed by atoms with Crippen molar-refractivity contribution in [3.05, 3.63) is 70.3 Å². The van der Waals surface area contributed by atoms with E-state index in [2.05, 4.69) is 15.2 Å². The molecule has 2 aromatic heterocycles. The lowest BCUT2D eigenvalue weighted by atomic mass is 9.97. The molecule has 0 spiro atoms. The number of likely N-dealkylation sites (tertiary alicyclic amines) is 1. The Morgan fingerprint density at radius 3 is 2.79 bits per heavy atom. The zero-order chi connectivity index (χ0) is 26.8. The second-order valence-corrected chi connectivity index (χ2v) is 10.9. The van der Waals surface area contributed by atoms with Crippen LogP contribution in [0.4, 0.5) is 5.69 Å². The van der Waals surface area contributed by atoms with Crippen LogP contribution >= 0.6 is 22.9 Å². The molecule has 1 aliphatic heterocycles. The summed E-state index contributed by atoms with van der Waals surface area (Å²) < 4.78 is 13.1. The lowest BCUT2D eigenvalue weighted by Gasteiger charge is -2.28. The molecule has 1 aliphatic rings. The SMILES string of the molecule is COC(=O)c1sc(-n2cnc3cc(NC(=O)C4CCCN(C)C4)ccc32)cc1OC(C)c1ccccc1Cl. The largest absolute Gasteiger partial charge is 0.484 e. The summed E-state index contributed by atoms with van der Waals surface area (Å²) in [7, 11) is 3.39. The number of fused-ring (bicyclic) bond motifs is 1. The van der Waals surface area contributed by atoms with Crippen LogP contribution in [0, 0.1) is 5.92 Å². The van der Waals surface area contributed by atoms with Gasteiger partial charge in [-0.1, -0.05) is 29.8 Å². The Balaban J connectivity index is 1.40. The lowest BCUT2D eigenvalue weighted by molar-refractivity contribution is -0.121. The third kappa shape index (κ3) is 5.41. The number of hydrogen-bond donors (Lipinski definition) is 1. The van der Waals surface area contributed by atoms with Gasteiger partial charge in [-0.25, -0.2) is 9.78 Å². The monoisotopic (exact) mass is 552 g/mol. The van der Waals surface area contributed by atoms with E-state index in [4.69, 9.17) is 21.1 Å². The summed E-state index contributed by atoms with van der Waals surface area (Å²) in [5.74, 6) is -0.0555. The van der Waals surface area contributed by atoms with E-state index in [0.29, 0.717) is 21.3 Å². The van der Waals surface area contributed by atoms with Crippen LogP contribution in [0.25, 0.3) is 16.0 Å². The fourth-order valence-corrected chi connectivity index (χ4v) is 6.04. The molecule has 3 heterocycles. The van der Waals surface area contributed by atoms with Crippen molar-refractivity contribution in [1.29, 1.82) is 0 Å². The predicted molar refractivity (Wildman–Crippen MR) is 150 cm³/mol. The number of piperidine rings is 1. The number of hydrogen-bond acceptors (Lipinski definition) is 7.